The molecular weight excluding hydrogens is 1140 g/mol. The number of carbonyl (C=O) groups excluding carboxylic acids is 8. The summed E-state index contributed by atoms with van der Waals surface area (Å²) in [7, 11) is 6.22. The Hall–Kier alpha value is -5.56. The molecule has 3 rings (SSSR count). The van der Waals surface area contributed by atoms with Crippen LogP contribution in [0.4, 0.5) is 11.4 Å². The molecule has 1 aliphatic heterocycles. The highest BCUT2D eigenvalue weighted by atomic mass is 35.5. The third kappa shape index (κ3) is 23.2. The number of anilines is 2. The molecule has 10 atom stereocenters. The number of allylic oxidation sites excluding steroid dienone is 1. The Bertz CT molecular complexity index is 2470. The van der Waals surface area contributed by atoms with E-state index in [1.165, 1.54) is 56.5 Å². The van der Waals surface area contributed by atoms with Crippen molar-refractivity contribution >= 4 is 81.7 Å². The zero-order chi connectivity index (χ0) is 63.3. The minimum Gasteiger partial charge on any atom is -0.386 e. The van der Waals surface area contributed by atoms with Crippen LogP contribution >= 0.6 is 23.2 Å². The molecule has 0 aliphatic carbocycles. The molecule has 0 aromatic heterocycles. The largest absolute Gasteiger partial charge is 0.386 e. The van der Waals surface area contributed by atoms with E-state index >= 15 is 0 Å². The van der Waals surface area contributed by atoms with Gasteiger partial charge >= 0.3 is 0 Å². The van der Waals surface area contributed by atoms with Crippen LogP contribution in [0.5, 0.6) is 0 Å². The second kappa shape index (κ2) is 38.6. The molecule has 24 heteroatoms. The Balaban J connectivity index is 1.48. The molecule has 7 amide bonds. The Morgan fingerprint density at radius 1 is 0.741 bits per heavy atom. The SMILES string of the molecule is CCC(C)C(C(CC(=O)N1CCCC1C(OC)C(C)C(=O)N[C@@H](C)[C@H](O)c1ccccc1)OC)N(C)C(=O)[C@@H](NC(=O)C(C(C)C)N(C)C(=O)COCCOCCOCCOC/C=C/C(=O)c1ccc(NC(=O)CCl)c(NC(=O)CCl)c1)C(C)C. The first-order chi connectivity index (χ1) is 40.5. The molecule has 1 aliphatic rings. The Kier molecular flexibility index (Phi) is 33.4. The number of alkyl halides is 2. The summed E-state index contributed by atoms with van der Waals surface area (Å²) < 4.78 is 34.3. The van der Waals surface area contributed by atoms with Gasteiger partial charge in [-0.15, -0.1) is 23.2 Å². The Morgan fingerprint density at radius 3 is 1.91 bits per heavy atom. The molecular formula is C61H93Cl2N7O15. The monoisotopic (exact) mass is 1230 g/mol. The van der Waals surface area contributed by atoms with Crippen LogP contribution in [0.15, 0.2) is 60.7 Å². The second-order valence-corrected chi connectivity index (χ2v) is 22.4. The predicted molar refractivity (Wildman–Crippen MR) is 325 cm³/mol. The van der Waals surface area contributed by atoms with Crippen molar-refractivity contribution in [3.05, 3.63) is 71.8 Å². The fraction of sp³-hybridized carbons (Fsp3) is 0.639. The van der Waals surface area contributed by atoms with E-state index in [1.807, 2.05) is 59.7 Å². The van der Waals surface area contributed by atoms with Gasteiger partial charge in [0.25, 0.3) is 0 Å². The van der Waals surface area contributed by atoms with Crippen LogP contribution in [0.1, 0.15) is 103 Å². The van der Waals surface area contributed by atoms with E-state index in [-0.39, 0.29) is 129 Å². The number of hydrogen-bond donors (Lipinski definition) is 5. The lowest BCUT2D eigenvalue weighted by atomic mass is 9.89. The van der Waals surface area contributed by atoms with Crippen molar-refractivity contribution in [1.82, 2.24) is 25.3 Å². The number of halogens is 2. The minimum atomic E-state index is -0.993. The summed E-state index contributed by atoms with van der Waals surface area (Å²) >= 11 is 11.2. The molecule has 0 radical (unpaired) electrons. The van der Waals surface area contributed by atoms with Gasteiger partial charge in [0.15, 0.2) is 5.78 Å². The minimum absolute atomic E-state index is 0.0608. The standard InChI is InChI=1S/C61H93Cl2N7O15/c1-13-40(6)56(49(80-11)34-52(74)70-25-17-21-47(70)58(81-12)41(7)59(77)64-42(8)57(76)43-19-15-14-16-20-43)69(10)61(79)54(38(2)3)67-60(78)55(39(4)5)68(9)53(75)37-85-32-31-84-30-29-83-28-27-82-26-18-22-48(71)44-23-24-45(65-50(72)35-62)46(33-44)66-51(73)36-63/h14-16,18-20,22-24,33,38-42,47,49,54-58,76H,13,17,21,25-32,34-37H2,1-12H3,(H,64,77)(H,65,72)(H,66,73)(H,67,78)/b22-18+/t40?,41?,42-,47?,49?,54-,55?,56?,57-,58?/m0/s1. The maximum absolute atomic E-state index is 14.7. The lowest BCUT2D eigenvalue weighted by Crippen LogP contribution is -2.60. The first-order valence-corrected chi connectivity index (χ1v) is 30.1. The summed E-state index contributed by atoms with van der Waals surface area (Å²) in [5.41, 5.74) is 1.39. The molecule has 7 unspecified atom stereocenters. The van der Waals surface area contributed by atoms with Gasteiger partial charge in [0.2, 0.25) is 41.4 Å². The number of carbonyl (C=O) groups is 8. The third-order valence-corrected chi connectivity index (χ3v) is 15.6. The molecule has 476 valence electrons. The molecule has 0 saturated carbocycles. The van der Waals surface area contributed by atoms with E-state index < -0.39 is 78.1 Å². The predicted octanol–water partition coefficient (Wildman–Crippen LogP) is 5.63. The van der Waals surface area contributed by atoms with Gasteiger partial charge in [-0.2, -0.15) is 0 Å². The second-order valence-electron chi connectivity index (χ2n) is 21.9. The van der Waals surface area contributed by atoms with Crippen LogP contribution < -0.4 is 21.3 Å². The third-order valence-electron chi connectivity index (χ3n) is 15.1. The molecule has 85 heavy (non-hydrogen) atoms. The number of nitrogens with zero attached hydrogens (tertiary/aromatic N) is 3. The first kappa shape index (κ1) is 73.7. The Labute approximate surface area is 512 Å². The van der Waals surface area contributed by atoms with Gasteiger partial charge in [-0.3, -0.25) is 38.4 Å². The van der Waals surface area contributed by atoms with E-state index in [0.29, 0.717) is 31.4 Å². The molecule has 1 fully saturated rings. The fourth-order valence-electron chi connectivity index (χ4n) is 10.2. The number of ketones is 1. The van der Waals surface area contributed by atoms with Crippen LogP contribution in [0.2, 0.25) is 0 Å². The zero-order valence-corrected chi connectivity index (χ0v) is 53.1. The number of nitrogens with one attached hydrogen (secondary N) is 4. The van der Waals surface area contributed by atoms with Crippen molar-refractivity contribution in [2.24, 2.45) is 23.7 Å². The van der Waals surface area contributed by atoms with Gasteiger partial charge in [0, 0.05) is 40.4 Å². The summed E-state index contributed by atoms with van der Waals surface area (Å²) in [5, 5.41) is 21.9. The van der Waals surface area contributed by atoms with E-state index in [0.717, 1.165) is 0 Å². The number of rotatable bonds is 39. The maximum Gasteiger partial charge on any atom is 0.249 e. The number of hydrogen-bond acceptors (Lipinski definition) is 15. The lowest BCUT2D eigenvalue weighted by molar-refractivity contribution is -0.149. The number of amides is 7. The maximum atomic E-state index is 14.7. The van der Waals surface area contributed by atoms with Crippen LogP contribution in [0.25, 0.3) is 0 Å². The number of ether oxygens (including phenoxy) is 6. The van der Waals surface area contributed by atoms with E-state index in [2.05, 4.69) is 21.3 Å². The smallest absolute Gasteiger partial charge is 0.249 e. The average Bonchev–Trinajstić information content (AvgIpc) is 4.15. The van der Waals surface area contributed by atoms with Crippen molar-refractivity contribution in [2.45, 2.75) is 130 Å². The molecule has 2 aromatic rings. The molecule has 5 N–H and O–H groups in total. The number of likely N-dealkylation sites (N-methyl/N-ethyl adjacent to an activating group) is 2. The number of benzene rings is 2. The lowest BCUT2D eigenvalue weighted by Gasteiger charge is -2.41. The van der Waals surface area contributed by atoms with Gasteiger partial charge in [0.05, 0.1) is 106 Å². The molecule has 1 heterocycles. The summed E-state index contributed by atoms with van der Waals surface area (Å²) in [4.78, 5) is 111. The van der Waals surface area contributed by atoms with E-state index in [4.69, 9.17) is 51.6 Å². The highest BCUT2D eigenvalue weighted by Crippen LogP contribution is 2.31. The summed E-state index contributed by atoms with van der Waals surface area (Å²) in [6.45, 7) is 16.3. The van der Waals surface area contributed by atoms with Crippen LogP contribution in [-0.4, -0.2) is 209 Å². The molecule has 22 nitrogen and oxygen atoms in total. The van der Waals surface area contributed by atoms with Crippen molar-refractivity contribution in [3.8, 4) is 0 Å². The average molecular weight is 1240 g/mol. The summed E-state index contributed by atoms with van der Waals surface area (Å²) in [6.07, 6.45) is 2.46. The van der Waals surface area contributed by atoms with Crippen LogP contribution in [0.3, 0.4) is 0 Å². The Morgan fingerprint density at radius 2 is 1.34 bits per heavy atom. The van der Waals surface area contributed by atoms with Gasteiger partial charge in [-0.05, 0) is 67.4 Å². The van der Waals surface area contributed by atoms with E-state index in [9.17, 15) is 43.5 Å². The van der Waals surface area contributed by atoms with Crippen LogP contribution in [-0.2, 0) is 62.0 Å². The molecule has 1 saturated heterocycles. The van der Waals surface area contributed by atoms with Crippen molar-refractivity contribution < 1.29 is 71.9 Å². The molecule has 0 bridgehead atoms. The van der Waals surface area contributed by atoms with Crippen molar-refractivity contribution in [1.29, 1.82) is 0 Å². The van der Waals surface area contributed by atoms with Gasteiger partial charge in [0.1, 0.15) is 30.5 Å². The number of aliphatic hydroxyl groups is 1. The zero-order valence-electron chi connectivity index (χ0n) is 51.6. The topological polar surface area (TPSA) is 270 Å². The molecule has 2 aromatic carbocycles. The number of aliphatic hydroxyl groups excluding tert-OH is 1. The molecule has 0 spiro atoms. The highest BCUT2D eigenvalue weighted by Gasteiger charge is 2.44. The summed E-state index contributed by atoms with van der Waals surface area (Å²) in [5.74, 6) is -5.36. The summed E-state index contributed by atoms with van der Waals surface area (Å²) in [6, 6.07) is 9.95. The number of methoxy groups -OCH3 is 2. The quantitative estimate of drug-likeness (QED) is 0.0235. The number of likely N-dealkylation sites (tertiary alicyclic amines) is 1. The highest BCUT2D eigenvalue weighted by molar-refractivity contribution is 6.30. The van der Waals surface area contributed by atoms with E-state index in [1.54, 1.807) is 42.8 Å². The first-order valence-electron chi connectivity index (χ1n) is 29.1. The van der Waals surface area contributed by atoms with Crippen LogP contribution in [0, 0.1) is 23.7 Å². The van der Waals surface area contributed by atoms with Crippen molar-refractivity contribution in [2.75, 3.05) is 110 Å². The van der Waals surface area contributed by atoms with Gasteiger partial charge < -0.3 is 69.5 Å². The normalized spacial score (nSPS) is 16.6. The van der Waals surface area contributed by atoms with Gasteiger partial charge in [-0.25, -0.2) is 0 Å². The van der Waals surface area contributed by atoms with Crippen molar-refractivity contribution in [3.63, 3.8) is 0 Å². The fourth-order valence-corrected chi connectivity index (χ4v) is 10.4. The van der Waals surface area contributed by atoms with Gasteiger partial charge in [-0.1, -0.05) is 91.3 Å².